The molecule has 0 spiro atoms. The van der Waals surface area contributed by atoms with E-state index in [1.807, 2.05) is 42.8 Å². The summed E-state index contributed by atoms with van der Waals surface area (Å²) in [5.74, 6) is 0.749. The zero-order valence-corrected chi connectivity index (χ0v) is 15.1. The first-order chi connectivity index (χ1) is 12.2. The molecule has 2 heterocycles. The number of ether oxygens (including phenoxy) is 2. The normalized spacial score (nSPS) is 15.2. The Bertz CT molecular complexity index is 718. The van der Waals surface area contributed by atoms with Crippen LogP contribution in [0.3, 0.4) is 0 Å². The quantitative estimate of drug-likeness (QED) is 0.836. The Morgan fingerprint density at radius 2 is 2.00 bits per heavy atom. The van der Waals surface area contributed by atoms with Crippen molar-refractivity contribution in [1.29, 1.82) is 0 Å². The van der Waals surface area contributed by atoms with E-state index in [1.54, 1.807) is 18.2 Å². The van der Waals surface area contributed by atoms with Gasteiger partial charge < -0.3 is 14.4 Å². The largest absolute Gasteiger partial charge is 0.497 e. The van der Waals surface area contributed by atoms with E-state index in [2.05, 4.69) is 5.10 Å². The minimum atomic E-state index is -0.0246. The number of anilines is 1. The average molecular weight is 343 g/mol. The molecule has 25 heavy (non-hydrogen) atoms. The molecular formula is C19H25N3O3. The number of hydrogen-bond donors (Lipinski definition) is 0. The molecule has 2 aromatic rings. The molecule has 0 saturated carbocycles. The van der Waals surface area contributed by atoms with Gasteiger partial charge in [-0.05, 0) is 51.0 Å². The SMILES string of the molecule is CCN(C(=O)c1cnn(C2CCOCC2)c1C)c1ccc(OC)cc1. The number of hydrogen-bond acceptors (Lipinski definition) is 4. The molecule has 1 fully saturated rings. The van der Waals surface area contributed by atoms with Crippen LogP contribution in [0.2, 0.25) is 0 Å². The molecule has 134 valence electrons. The molecule has 0 unspecified atom stereocenters. The minimum absolute atomic E-state index is 0.0246. The molecule has 0 bridgehead atoms. The van der Waals surface area contributed by atoms with Gasteiger partial charge in [0.2, 0.25) is 0 Å². The second-order valence-electron chi connectivity index (χ2n) is 6.18. The van der Waals surface area contributed by atoms with E-state index in [0.717, 1.165) is 43.2 Å². The lowest BCUT2D eigenvalue weighted by Gasteiger charge is -2.24. The third-order valence-electron chi connectivity index (χ3n) is 4.76. The lowest BCUT2D eigenvalue weighted by atomic mass is 10.1. The third-order valence-corrected chi connectivity index (χ3v) is 4.76. The second-order valence-corrected chi connectivity index (χ2v) is 6.18. The molecule has 0 radical (unpaired) electrons. The number of carbonyl (C=O) groups excluding carboxylic acids is 1. The summed E-state index contributed by atoms with van der Waals surface area (Å²) in [6.07, 6.45) is 3.57. The zero-order chi connectivity index (χ0) is 17.8. The van der Waals surface area contributed by atoms with Crippen LogP contribution in [0.1, 0.15) is 41.9 Å². The number of carbonyl (C=O) groups is 1. The average Bonchev–Trinajstić information content (AvgIpc) is 3.05. The van der Waals surface area contributed by atoms with Crippen LogP contribution in [0, 0.1) is 6.92 Å². The smallest absolute Gasteiger partial charge is 0.261 e. The number of aromatic nitrogens is 2. The zero-order valence-electron chi connectivity index (χ0n) is 15.1. The molecule has 1 aliphatic heterocycles. The highest BCUT2D eigenvalue weighted by molar-refractivity contribution is 6.06. The van der Waals surface area contributed by atoms with Crippen LogP contribution in [-0.2, 0) is 4.74 Å². The van der Waals surface area contributed by atoms with Crippen LogP contribution in [-0.4, -0.2) is 42.6 Å². The van der Waals surface area contributed by atoms with Gasteiger partial charge >= 0.3 is 0 Å². The summed E-state index contributed by atoms with van der Waals surface area (Å²) in [7, 11) is 1.63. The Hall–Kier alpha value is -2.34. The number of methoxy groups -OCH3 is 1. The molecule has 1 aliphatic rings. The summed E-state index contributed by atoms with van der Waals surface area (Å²) in [5, 5.41) is 4.49. The highest BCUT2D eigenvalue weighted by Gasteiger charge is 2.24. The van der Waals surface area contributed by atoms with Gasteiger partial charge in [-0.3, -0.25) is 9.48 Å². The first-order valence-corrected chi connectivity index (χ1v) is 8.73. The molecule has 3 rings (SSSR count). The maximum atomic E-state index is 13.1. The van der Waals surface area contributed by atoms with Crippen molar-refractivity contribution >= 4 is 11.6 Å². The Morgan fingerprint density at radius 3 is 2.60 bits per heavy atom. The predicted molar refractivity (Wildman–Crippen MR) is 96.4 cm³/mol. The van der Waals surface area contributed by atoms with E-state index in [1.165, 1.54) is 0 Å². The van der Waals surface area contributed by atoms with Crippen molar-refractivity contribution in [3.63, 3.8) is 0 Å². The van der Waals surface area contributed by atoms with Crippen molar-refractivity contribution in [1.82, 2.24) is 9.78 Å². The number of benzene rings is 1. The monoisotopic (exact) mass is 343 g/mol. The van der Waals surface area contributed by atoms with Crippen LogP contribution < -0.4 is 9.64 Å². The molecule has 6 heteroatoms. The van der Waals surface area contributed by atoms with Crippen LogP contribution in [0.25, 0.3) is 0 Å². The maximum absolute atomic E-state index is 13.1. The number of amides is 1. The van der Waals surface area contributed by atoms with Crippen LogP contribution in [0.4, 0.5) is 5.69 Å². The number of rotatable bonds is 5. The minimum Gasteiger partial charge on any atom is -0.497 e. The van der Waals surface area contributed by atoms with Crippen molar-refractivity contribution in [3.8, 4) is 5.75 Å². The first kappa shape index (κ1) is 17.5. The maximum Gasteiger partial charge on any atom is 0.261 e. The summed E-state index contributed by atoms with van der Waals surface area (Å²) in [4.78, 5) is 14.8. The van der Waals surface area contributed by atoms with E-state index >= 15 is 0 Å². The van der Waals surface area contributed by atoms with Crippen LogP contribution >= 0.6 is 0 Å². The topological polar surface area (TPSA) is 56.6 Å². The molecule has 1 aromatic heterocycles. The summed E-state index contributed by atoms with van der Waals surface area (Å²) < 4.78 is 12.6. The summed E-state index contributed by atoms with van der Waals surface area (Å²) in [5.41, 5.74) is 2.43. The Morgan fingerprint density at radius 1 is 1.32 bits per heavy atom. The molecule has 1 saturated heterocycles. The Labute approximate surface area is 148 Å². The molecule has 1 amide bonds. The Kier molecular flexibility index (Phi) is 5.38. The van der Waals surface area contributed by atoms with Crippen molar-refractivity contribution < 1.29 is 14.3 Å². The summed E-state index contributed by atoms with van der Waals surface area (Å²) in [6.45, 7) is 6.03. The highest BCUT2D eigenvalue weighted by Crippen LogP contribution is 2.25. The lowest BCUT2D eigenvalue weighted by molar-refractivity contribution is 0.0656. The van der Waals surface area contributed by atoms with Crippen LogP contribution in [0.5, 0.6) is 5.75 Å². The van der Waals surface area contributed by atoms with Gasteiger partial charge in [0.1, 0.15) is 5.75 Å². The van der Waals surface area contributed by atoms with Gasteiger partial charge in [-0.1, -0.05) is 0 Å². The molecule has 6 nitrogen and oxygen atoms in total. The van der Waals surface area contributed by atoms with E-state index in [9.17, 15) is 4.79 Å². The third kappa shape index (κ3) is 3.54. The Balaban J connectivity index is 1.84. The fourth-order valence-corrected chi connectivity index (χ4v) is 3.28. The van der Waals surface area contributed by atoms with Gasteiger partial charge in [-0.15, -0.1) is 0 Å². The molecule has 0 atom stereocenters. The van der Waals surface area contributed by atoms with Gasteiger partial charge in [-0.2, -0.15) is 5.10 Å². The van der Waals surface area contributed by atoms with E-state index in [4.69, 9.17) is 9.47 Å². The van der Waals surface area contributed by atoms with Crippen LogP contribution in [0.15, 0.2) is 30.5 Å². The van der Waals surface area contributed by atoms with Gasteiger partial charge in [-0.25, -0.2) is 0 Å². The number of nitrogens with zero attached hydrogens (tertiary/aromatic N) is 3. The fourth-order valence-electron chi connectivity index (χ4n) is 3.28. The van der Waals surface area contributed by atoms with Gasteiger partial charge in [0.05, 0.1) is 24.9 Å². The van der Waals surface area contributed by atoms with Gasteiger partial charge in [0.15, 0.2) is 0 Å². The standard InChI is InChI=1S/C19H25N3O3/c1-4-21(15-5-7-17(24-3)8-6-15)19(23)18-13-20-22(14(18)2)16-9-11-25-12-10-16/h5-8,13,16H,4,9-12H2,1-3H3. The molecule has 0 N–H and O–H groups in total. The molecule has 1 aromatic carbocycles. The van der Waals surface area contributed by atoms with E-state index in [0.29, 0.717) is 18.2 Å². The van der Waals surface area contributed by atoms with E-state index < -0.39 is 0 Å². The van der Waals surface area contributed by atoms with Crippen molar-refractivity contribution in [2.24, 2.45) is 0 Å². The summed E-state index contributed by atoms with van der Waals surface area (Å²) in [6, 6.07) is 7.84. The fraction of sp³-hybridized carbons (Fsp3) is 0.474. The summed E-state index contributed by atoms with van der Waals surface area (Å²) >= 11 is 0. The predicted octanol–water partition coefficient (Wildman–Crippen LogP) is 3.22. The van der Waals surface area contributed by atoms with E-state index in [-0.39, 0.29) is 5.91 Å². The van der Waals surface area contributed by atoms with Crippen molar-refractivity contribution in [2.45, 2.75) is 32.7 Å². The molecule has 0 aliphatic carbocycles. The van der Waals surface area contributed by atoms with Crippen molar-refractivity contribution in [2.75, 3.05) is 31.8 Å². The lowest BCUT2D eigenvalue weighted by Crippen LogP contribution is -2.31. The highest BCUT2D eigenvalue weighted by atomic mass is 16.5. The molecular weight excluding hydrogens is 318 g/mol. The van der Waals surface area contributed by atoms with Gasteiger partial charge in [0.25, 0.3) is 5.91 Å². The van der Waals surface area contributed by atoms with Gasteiger partial charge in [0, 0.05) is 31.1 Å². The van der Waals surface area contributed by atoms with Crippen molar-refractivity contribution in [3.05, 3.63) is 41.7 Å². The first-order valence-electron chi connectivity index (χ1n) is 8.73. The second kappa shape index (κ2) is 7.70.